The van der Waals surface area contributed by atoms with Crippen LogP contribution in [0.2, 0.25) is 5.02 Å². The van der Waals surface area contributed by atoms with E-state index in [0.717, 1.165) is 41.2 Å². The van der Waals surface area contributed by atoms with Gasteiger partial charge >= 0.3 is 0 Å². The summed E-state index contributed by atoms with van der Waals surface area (Å²) in [6.07, 6.45) is 6.26. The number of hydrogen-bond donors (Lipinski definition) is 0. The number of nitrogens with zero attached hydrogens (tertiary/aromatic N) is 2. The van der Waals surface area contributed by atoms with E-state index < -0.39 is 0 Å². The second-order valence-corrected chi connectivity index (χ2v) is 8.33. The van der Waals surface area contributed by atoms with Crippen LogP contribution in [0.4, 0.5) is 0 Å². The molecule has 0 aliphatic carbocycles. The van der Waals surface area contributed by atoms with Gasteiger partial charge in [0.05, 0.1) is 0 Å². The van der Waals surface area contributed by atoms with E-state index in [1.165, 1.54) is 37.1 Å². The molecule has 160 valence electrons. The lowest BCUT2D eigenvalue weighted by Crippen LogP contribution is -2.27. The lowest BCUT2D eigenvalue weighted by molar-refractivity contribution is 0.278. The molecule has 0 spiro atoms. The van der Waals surface area contributed by atoms with E-state index >= 15 is 0 Å². The first-order chi connectivity index (χ1) is 15.2. The molecule has 31 heavy (non-hydrogen) atoms. The minimum absolute atomic E-state index is 0.760. The zero-order chi connectivity index (χ0) is 21.9. The van der Waals surface area contributed by atoms with Gasteiger partial charge < -0.3 is 4.90 Å². The van der Waals surface area contributed by atoms with Crippen molar-refractivity contribution in [1.29, 1.82) is 0 Å². The largest absolute Gasteiger partial charge is 0.303 e. The first-order valence-corrected chi connectivity index (χ1v) is 11.6. The van der Waals surface area contributed by atoms with Gasteiger partial charge in [-0.25, -0.2) is 4.98 Å². The molecule has 0 amide bonds. The summed E-state index contributed by atoms with van der Waals surface area (Å²) < 4.78 is 0. The molecule has 0 atom stereocenters. The van der Waals surface area contributed by atoms with Crippen molar-refractivity contribution in [2.45, 2.75) is 39.5 Å². The fraction of sp³-hybridized carbons (Fsp3) is 0.321. The molecule has 1 aromatic heterocycles. The maximum Gasteiger partial charge on any atom is 0.113 e. The molecule has 3 rings (SSSR count). The Morgan fingerprint density at radius 3 is 2.00 bits per heavy atom. The first-order valence-electron chi connectivity index (χ1n) is 11.2. The van der Waals surface area contributed by atoms with Crippen LogP contribution in [0.3, 0.4) is 0 Å². The summed E-state index contributed by atoms with van der Waals surface area (Å²) in [5, 5.41) is 0.760. The van der Waals surface area contributed by atoms with Crippen molar-refractivity contribution in [3.63, 3.8) is 0 Å². The molecule has 0 radical (unpaired) electrons. The third-order valence-corrected chi connectivity index (χ3v) is 5.48. The quantitative estimate of drug-likeness (QED) is 0.365. The fourth-order valence-electron chi connectivity index (χ4n) is 3.59. The molecule has 3 aromatic rings. The van der Waals surface area contributed by atoms with E-state index in [-0.39, 0.29) is 0 Å². The molecule has 0 saturated heterocycles. The van der Waals surface area contributed by atoms with Crippen LogP contribution in [0.15, 0.2) is 66.9 Å². The highest BCUT2D eigenvalue weighted by Crippen LogP contribution is 2.13. The Morgan fingerprint density at radius 1 is 0.742 bits per heavy atom. The monoisotopic (exact) mass is 430 g/mol. The highest BCUT2D eigenvalue weighted by Gasteiger charge is 2.03. The normalized spacial score (nSPS) is 10.7. The molecule has 0 aliphatic rings. The molecule has 0 unspecified atom stereocenters. The summed E-state index contributed by atoms with van der Waals surface area (Å²) in [7, 11) is 0. The Kier molecular flexibility index (Phi) is 9.16. The predicted octanol–water partition coefficient (Wildman–Crippen LogP) is 6.39. The van der Waals surface area contributed by atoms with E-state index in [4.69, 9.17) is 11.6 Å². The van der Waals surface area contributed by atoms with Gasteiger partial charge in [-0.1, -0.05) is 61.7 Å². The van der Waals surface area contributed by atoms with Crippen molar-refractivity contribution < 1.29 is 0 Å². The van der Waals surface area contributed by atoms with Gasteiger partial charge in [-0.2, -0.15) is 0 Å². The number of rotatable bonds is 9. The lowest BCUT2D eigenvalue weighted by atomic mass is 10.1. The van der Waals surface area contributed by atoms with Crippen molar-refractivity contribution in [3.8, 4) is 11.8 Å². The van der Waals surface area contributed by atoms with Crippen LogP contribution in [0.1, 0.15) is 54.6 Å². The second-order valence-electron chi connectivity index (χ2n) is 7.89. The van der Waals surface area contributed by atoms with E-state index in [1.54, 1.807) is 0 Å². The summed E-state index contributed by atoms with van der Waals surface area (Å²) in [5.41, 5.74) is 5.57. The van der Waals surface area contributed by atoms with Gasteiger partial charge in [0.2, 0.25) is 0 Å². The van der Waals surface area contributed by atoms with E-state index in [1.807, 2.05) is 36.5 Å². The molecule has 2 nitrogen and oxygen atoms in total. The third-order valence-electron chi connectivity index (χ3n) is 5.23. The van der Waals surface area contributed by atoms with Crippen LogP contribution < -0.4 is 0 Å². The SMILES string of the molecule is CCCN(CCC)CCc1ccc(C#Cc2ccc(Cc3ccc(Cl)cc3)cn2)cc1. The van der Waals surface area contributed by atoms with Crippen LogP contribution in [0.25, 0.3) is 0 Å². The van der Waals surface area contributed by atoms with Crippen LogP contribution in [-0.4, -0.2) is 29.5 Å². The Balaban J connectivity index is 1.54. The van der Waals surface area contributed by atoms with Gasteiger partial charge in [0.25, 0.3) is 0 Å². The number of hydrogen-bond acceptors (Lipinski definition) is 2. The van der Waals surface area contributed by atoms with Crippen LogP contribution >= 0.6 is 11.6 Å². The minimum atomic E-state index is 0.760. The highest BCUT2D eigenvalue weighted by molar-refractivity contribution is 6.30. The number of halogens is 1. The zero-order valence-corrected chi connectivity index (χ0v) is 19.3. The van der Waals surface area contributed by atoms with Gasteiger partial charge in [-0.05, 0) is 91.7 Å². The number of pyridine rings is 1. The number of benzene rings is 2. The molecule has 0 saturated carbocycles. The summed E-state index contributed by atoms with van der Waals surface area (Å²) in [5.74, 6) is 6.41. The van der Waals surface area contributed by atoms with Gasteiger partial charge in [0.1, 0.15) is 5.69 Å². The third kappa shape index (κ3) is 7.87. The van der Waals surface area contributed by atoms with Crippen molar-refractivity contribution >= 4 is 11.6 Å². The van der Waals surface area contributed by atoms with Gasteiger partial charge in [-0.15, -0.1) is 0 Å². The average molecular weight is 431 g/mol. The van der Waals surface area contributed by atoms with Gasteiger partial charge in [0.15, 0.2) is 0 Å². The Labute approximate surface area is 192 Å². The molecule has 0 bridgehead atoms. The molecule has 1 heterocycles. The standard InChI is InChI=1S/C28H31ClN2/c1-3-18-31(19-4-2)20-17-24-7-5-23(6-8-24)11-15-28-16-12-26(22-30-28)21-25-9-13-27(29)14-10-25/h5-10,12-14,16,22H,3-4,17-21H2,1-2H3. The molecule has 0 N–H and O–H groups in total. The molecule has 2 aromatic carbocycles. The second kappa shape index (κ2) is 12.3. The predicted molar refractivity (Wildman–Crippen MR) is 132 cm³/mol. The molecule has 0 fully saturated rings. The summed E-state index contributed by atoms with van der Waals surface area (Å²) in [6.45, 7) is 7.99. The van der Waals surface area contributed by atoms with E-state index in [0.29, 0.717) is 0 Å². The van der Waals surface area contributed by atoms with Gasteiger partial charge in [-0.3, -0.25) is 0 Å². The molecule has 0 aliphatic heterocycles. The average Bonchev–Trinajstić information content (AvgIpc) is 2.79. The van der Waals surface area contributed by atoms with E-state index in [2.05, 4.69) is 65.9 Å². The van der Waals surface area contributed by atoms with Crippen LogP contribution in [0.5, 0.6) is 0 Å². The lowest BCUT2D eigenvalue weighted by Gasteiger charge is -2.20. The van der Waals surface area contributed by atoms with Crippen molar-refractivity contribution in [3.05, 3.63) is 99.8 Å². The summed E-state index contributed by atoms with van der Waals surface area (Å²) in [6, 6.07) is 20.6. The molecule has 3 heteroatoms. The fourth-order valence-corrected chi connectivity index (χ4v) is 3.71. The summed E-state index contributed by atoms with van der Waals surface area (Å²) >= 11 is 5.95. The maximum absolute atomic E-state index is 5.95. The Hall–Kier alpha value is -2.60. The Bertz CT molecular complexity index is 974. The van der Waals surface area contributed by atoms with Crippen LogP contribution in [0, 0.1) is 11.8 Å². The van der Waals surface area contributed by atoms with Crippen molar-refractivity contribution in [2.24, 2.45) is 0 Å². The van der Waals surface area contributed by atoms with Gasteiger partial charge in [0, 0.05) is 23.3 Å². The molecular formula is C28H31ClN2. The molecular weight excluding hydrogens is 400 g/mol. The smallest absolute Gasteiger partial charge is 0.113 e. The van der Waals surface area contributed by atoms with Crippen LogP contribution in [-0.2, 0) is 12.8 Å². The summed E-state index contributed by atoms with van der Waals surface area (Å²) in [4.78, 5) is 7.06. The zero-order valence-electron chi connectivity index (χ0n) is 18.6. The van der Waals surface area contributed by atoms with Crippen molar-refractivity contribution in [1.82, 2.24) is 9.88 Å². The minimum Gasteiger partial charge on any atom is -0.303 e. The van der Waals surface area contributed by atoms with E-state index in [9.17, 15) is 0 Å². The highest BCUT2D eigenvalue weighted by atomic mass is 35.5. The topological polar surface area (TPSA) is 16.1 Å². The Morgan fingerprint density at radius 2 is 1.39 bits per heavy atom. The number of aromatic nitrogens is 1. The maximum atomic E-state index is 5.95. The van der Waals surface area contributed by atoms with Crippen molar-refractivity contribution in [2.75, 3.05) is 19.6 Å². The first kappa shape index (κ1) is 23.1.